The third-order valence-electron chi connectivity index (χ3n) is 2.34. The number of carbonyl (C=O) groups excluding carboxylic acids is 1. The molecule has 0 aliphatic rings. The monoisotopic (exact) mass is 231 g/mol. The van der Waals surface area contributed by atoms with Crippen molar-refractivity contribution in [2.45, 2.75) is 13.3 Å². The molecule has 88 valence electrons. The molecule has 1 amide bonds. The summed E-state index contributed by atoms with van der Waals surface area (Å²) < 4.78 is 0. The van der Waals surface area contributed by atoms with E-state index in [2.05, 4.69) is 11.2 Å². The van der Waals surface area contributed by atoms with E-state index in [1.165, 1.54) is 0 Å². The number of carboxylic acids is 1. The van der Waals surface area contributed by atoms with Gasteiger partial charge in [-0.25, -0.2) is 0 Å². The Morgan fingerprint density at radius 3 is 2.41 bits per heavy atom. The number of hydrogen-bond acceptors (Lipinski definition) is 2. The molecule has 0 saturated heterocycles. The fourth-order valence-corrected chi connectivity index (χ4v) is 1.35. The lowest BCUT2D eigenvalue weighted by molar-refractivity contribution is -0.145. The van der Waals surface area contributed by atoms with Crippen LogP contribution in [0.2, 0.25) is 0 Å². The standard InChI is InChI=1S/C13H13NO3/c1-3-9-5-7-10(8-6-9)14-12(15)11(4-2)13(16)17/h1,5-8,11H,4H2,2H3,(H,14,15)(H,16,17). The molecule has 0 heterocycles. The highest BCUT2D eigenvalue weighted by Crippen LogP contribution is 2.12. The SMILES string of the molecule is C#Cc1ccc(NC(=O)C(CC)C(=O)O)cc1. The molecule has 2 N–H and O–H groups in total. The first-order valence-corrected chi connectivity index (χ1v) is 5.18. The van der Waals surface area contributed by atoms with Gasteiger partial charge in [0.25, 0.3) is 0 Å². The van der Waals surface area contributed by atoms with Crippen LogP contribution in [0.5, 0.6) is 0 Å². The number of amides is 1. The zero-order valence-electron chi connectivity index (χ0n) is 9.43. The van der Waals surface area contributed by atoms with Gasteiger partial charge in [0.1, 0.15) is 5.92 Å². The lowest BCUT2D eigenvalue weighted by atomic mass is 10.1. The zero-order chi connectivity index (χ0) is 12.8. The van der Waals surface area contributed by atoms with Crippen LogP contribution in [0.15, 0.2) is 24.3 Å². The van der Waals surface area contributed by atoms with Gasteiger partial charge in [0.15, 0.2) is 0 Å². The zero-order valence-corrected chi connectivity index (χ0v) is 9.43. The molecule has 1 rings (SSSR count). The summed E-state index contributed by atoms with van der Waals surface area (Å²) >= 11 is 0. The van der Waals surface area contributed by atoms with Crippen LogP contribution in [-0.4, -0.2) is 17.0 Å². The number of carboxylic acid groups (broad SMARTS) is 1. The summed E-state index contributed by atoms with van der Waals surface area (Å²) in [7, 11) is 0. The summed E-state index contributed by atoms with van der Waals surface area (Å²) in [4.78, 5) is 22.4. The molecule has 1 aromatic carbocycles. The molecule has 4 heteroatoms. The molecule has 0 fully saturated rings. The fraction of sp³-hybridized carbons (Fsp3) is 0.231. The van der Waals surface area contributed by atoms with Crippen LogP contribution in [0.1, 0.15) is 18.9 Å². The summed E-state index contributed by atoms with van der Waals surface area (Å²) in [6.07, 6.45) is 5.45. The summed E-state index contributed by atoms with van der Waals surface area (Å²) in [5.74, 6) is -0.213. The highest BCUT2D eigenvalue weighted by atomic mass is 16.4. The number of anilines is 1. The van der Waals surface area contributed by atoms with Crippen LogP contribution in [0.4, 0.5) is 5.69 Å². The van der Waals surface area contributed by atoms with Gasteiger partial charge in [0, 0.05) is 11.3 Å². The maximum absolute atomic E-state index is 11.6. The van der Waals surface area contributed by atoms with Crippen molar-refractivity contribution in [3.63, 3.8) is 0 Å². The predicted octanol–water partition coefficient (Wildman–Crippen LogP) is 1.72. The van der Waals surface area contributed by atoms with E-state index in [0.717, 1.165) is 0 Å². The molecule has 17 heavy (non-hydrogen) atoms. The van der Waals surface area contributed by atoms with Crippen molar-refractivity contribution in [1.82, 2.24) is 0 Å². The van der Waals surface area contributed by atoms with Gasteiger partial charge in [-0.05, 0) is 30.7 Å². The van der Waals surface area contributed by atoms with E-state index in [0.29, 0.717) is 11.3 Å². The van der Waals surface area contributed by atoms with Gasteiger partial charge in [0.05, 0.1) is 0 Å². The van der Waals surface area contributed by atoms with Crippen molar-refractivity contribution in [3.8, 4) is 12.3 Å². The van der Waals surface area contributed by atoms with Crippen LogP contribution in [0.25, 0.3) is 0 Å². The number of aliphatic carboxylic acids is 1. The minimum atomic E-state index is -1.12. The van der Waals surface area contributed by atoms with Gasteiger partial charge in [-0.15, -0.1) is 6.42 Å². The molecular formula is C13H13NO3. The Labute approximate surface area is 99.7 Å². The van der Waals surface area contributed by atoms with Crippen LogP contribution < -0.4 is 5.32 Å². The van der Waals surface area contributed by atoms with Crippen molar-refractivity contribution in [1.29, 1.82) is 0 Å². The topological polar surface area (TPSA) is 66.4 Å². The Morgan fingerprint density at radius 2 is 2.00 bits per heavy atom. The second-order valence-electron chi connectivity index (χ2n) is 3.51. The molecule has 0 spiro atoms. The van der Waals surface area contributed by atoms with Gasteiger partial charge < -0.3 is 10.4 Å². The maximum atomic E-state index is 11.6. The fourth-order valence-electron chi connectivity index (χ4n) is 1.35. The van der Waals surface area contributed by atoms with E-state index in [9.17, 15) is 9.59 Å². The van der Waals surface area contributed by atoms with Crippen molar-refractivity contribution >= 4 is 17.6 Å². The average Bonchev–Trinajstić information content (AvgIpc) is 2.30. The third-order valence-corrected chi connectivity index (χ3v) is 2.34. The lowest BCUT2D eigenvalue weighted by Gasteiger charge is -2.10. The number of hydrogen-bond donors (Lipinski definition) is 2. The van der Waals surface area contributed by atoms with Crippen LogP contribution in [0.3, 0.4) is 0 Å². The van der Waals surface area contributed by atoms with Gasteiger partial charge >= 0.3 is 5.97 Å². The second-order valence-corrected chi connectivity index (χ2v) is 3.51. The molecule has 0 radical (unpaired) electrons. The van der Waals surface area contributed by atoms with Gasteiger partial charge in [-0.1, -0.05) is 12.8 Å². The number of terminal acetylenes is 1. The van der Waals surface area contributed by atoms with Crippen molar-refractivity contribution < 1.29 is 14.7 Å². The molecule has 0 aromatic heterocycles. The first kappa shape index (κ1) is 12.8. The van der Waals surface area contributed by atoms with Crippen LogP contribution in [-0.2, 0) is 9.59 Å². The molecule has 4 nitrogen and oxygen atoms in total. The number of carbonyl (C=O) groups is 2. The van der Waals surface area contributed by atoms with E-state index in [-0.39, 0.29) is 6.42 Å². The van der Waals surface area contributed by atoms with Gasteiger partial charge in [-0.2, -0.15) is 0 Å². The molecule has 1 atom stereocenters. The predicted molar refractivity (Wildman–Crippen MR) is 64.4 cm³/mol. The molecule has 1 aromatic rings. The van der Waals surface area contributed by atoms with E-state index in [4.69, 9.17) is 11.5 Å². The van der Waals surface area contributed by atoms with Crippen molar-refractivity contribution in [2.75, 3.05) is 5.32 Å². The van der Waals surface area contributed by atoms with Crippen LogP contribution >= 0.6 is 0 Å². The highest BCUT2D eigenvalue weighted by molar-refractivity contribution is 6.04. The summed E-state index contributed by atoms with van der Waals surface area (Å²) in [5, 5.41) is 11.4. The highest BCUT2D eigenvalue weighted by Gasteiger charge is 2.23. The Kier molecular flexibility index (Phi) is 4.29. The number of nitrogens with one attached hydrogen (secondary N) is 1. The first-order valence-electron chi connectivity index (χ1n) is 5.18. The average molecular weight is 231 g/mol. The lowest BCUT2D eigenvalue weighted by Crippen LogP contribution is -2.28. The van der Waals surface area contributed by atoms with Gasteiger partial charge in [-0.3, -0.25) is 9.59 Å². The molecular weight excluding hydrogens is 218 g/mol. The maximum Gasteiger partial charge on any atom is 0.316 e. The normalized spacial score (nSPS) is 11.3. The smallest absolute Gasteiger partial charge is 0.316 e. The second kappa shape index (κ2) is 5.71. The summed E-state index contributed by atoms with van der Waals surface area (Å²) in [5.41, 5.74) is 1.24. The number of benzene rings is 1. The molecule has 0 aliphatic heterocycles. The molecule has 0 aliphatic carbocycles. The quantitative estimate of drug-likeness (QED) is 0.612. The minimum absolute atomic E-state index is 0.254. The summed E-state index contributed by atoms with van der Waals surface area (Å²) in [6.45, 7) is 1.65. The Bertz CT molecular complexity index is 457. The summed E-state index contributed by atoms with van der Waals surface area (Å²) in [6, 6.07) is 6.64. The molecule has 0 saturated carbocycles. The Morgan fingerprint density at radius 1 is 1.41 bits per heavy atom. The van der Waals surface area contributed by atoms with E-state index < -0.39 is 17.8 Å². The first-order chi connectivity index (χ1) is 8.08. The third kappa shape index (κ3) is 3.35. The van der Waals surface area contributed by atoms with Crippen molar-refractivity contribution in [3.05, 3.63) is 29.8 Å². The Balaban J connectivity index is 2.74. The van der Waals surface area contributed by atoms with E-state index in [1.807, 2.05) is 0 Å². The minimum Gasteiger partial charge on any atom is -0.481 e. The largest absolute Gasteiger partial charge is 0.481 e. The van der Waals surface area contributed by atoms with E-state index >= 15 is 0 Å². The van der Waals surface area contributed by atoms with Crippen LogP contribution in [0, 0.1) is 18.3 Å². The molecule has 0 bridgehead atoms. The molecule has 1 unspecified atom stereocenters. The van der Waals surface area contributed by atoms with Crippen molar-refractivity contribution in [2.24, 2.45) is 5.92 Å². The van der Waals surface area contributed by atoms with E-state index in [1.54, 1.807) is 31.2 Å². The number of rotatable bonds is 4. The van der Waals surface area contributed by atoms with Gasteiger partial charge in [0.2, 0.25) is 5.91 Å². The Hall–Kier alpha value is -2.28.